The van der Waals surface area contributed by atoms with Gasteiger partial charge in [0.25, 0.3) is 0 Å². The van der Waals surface area contributed by atoms with Crippen molar-refractivity contribution in [2.24, 2.45) is 11.7 Å². The molecule has 5 atom stereocenters. The van der Waals surface area contributed by atoms with Crippen LogP contribution in [0.5, 0.6) is 0 Å². The molecule has 0 spiro atoms. The number of amides is 1. The number of nitrogens with two attached hydrogens (primary N) is 1. The fourth-order valence-corrected chi connectivity index (χ4v) is 2.78. The number of fused-ring (bicyclic) bond motifs is 2. The zero-order valence-electron chi connectivity index (χ0n) is 8.61. The largest absolute Gasteiger partial charge is 0.351 e. The first-order valence-corrected chi connectivity index (χ1v) is 5.56. The predicted molar refractivity (Wildman–Crippen MR) is 59.8 cm³/mol. The van der Waals surface area contributed by atoms with Gasteiger partial charge in [-0.3, -0.25) is 4.79 Å². The van der Waals surface area contributed by atoms with Crippen LogP contribution in [0.2, 0.25) is 0 Å². The highest BCUT2D eigenvalue weighted by molar-refractivity contribution is 5.85. The highest BCUT2D eigenvalue weighted by atomic mass is 35.5. The molecule has 1 aliphatic carbocycles. The number of hydrogen-bond donors (Lipinski definition) is 3. The monoisotopic (exact) mass is 231 g/mol. The second kappa shape index (κ2) is 3.92. The lowest BCUT2D eigenvalue weighted by atomic mass is 9.88. The van der Waals surface area contributed by atoms with Gasteiger partial charge in [0.2, 0.25) is 5.91 Å². The van der Waals surface area contributed by atoms with Gasteiger partial charge in [0, 0.05) is 24.2 Å². The molecule has 5 heteroatoms. The van der Waals surface area contributed by atoms with Gasteiger partial charge >= 0.3 is 0 Å². The summed E-state index contributed by atoms with van der Waals surface area (Å²) in [6.07, 6.45) is 4.40. The van der Waals surface area contributed by atoms with Crippen LogP contribution in [0.4, 0.5) is 0 Å². The molecule has 4 nitrogen and oxygen atoms in total. The van der Waals surface area contributed by atoms with Gasteiger partial charge in [0.15, 0.2) is 0 Å². The maximum Gasteiger partial charge on any atom is 0.225 e. The lowest BCUT2D eigenvalue weighted by Gasteiger charge is -2.19. The third-order valence-corrected chi connectivity index (χ3v) is 3.80. The number of nitrogens with one attached hydrogen (secondary N) is 2. The number of carbonyl (C=O) groups is 1. The van der Waals surface area contributed by atoms with Gasteiger partial charge in [-0.25, -0.2) is 0 Å². The highest BCUT2D eigenvalue weighted by Gasteiger charge is 2.44. The molecular weight excluding hydrogens is 214 g/mol. The fraction of sp³-hybridized carbons (Fsp3) is 0.900. The summed E-state index contributed by atoms with van der Waals surface area (Å²) in [6, 6.07) is 1.52. The molecule has 15 heavy (non-hydrogen) atoms. The lowest BCUT2D eigenvalue weighted by Crippen LogP contribution is -2.40. The van der Waals surface area contributed by atoms with Crippen LogP contribution in [-0.2, 0) is 4.79 Å². The summed E-state index contributed by atoms with van der Waals surface area (Å²) in [5.74, 6) is 0.434. The average molecular weight is 232 g/mol. The van der Waals surface area contributed by atoms with E-state index in [-0.39, 0.29) is 36.3 Å². The third kappa shape index (κ3) is 1.98. The Morgan fingerprint density at radius 3 is 2.53 bits per heavy atom. The van der Waals surface area contributed by atoms with E-state index in [9.17, 15) is 4.79 Å². The van der Waals surface area contributed by atoms with Crippen molar-refractivity contribution in [3.8, 4) is 0 Å². The molecule has 0 aromatic heterocycles. The smallest absolute Gasteiger partial charge is 0.225 e. The van der Waals surface area contributed by atoms with Crippen LogP contribution in [0.3, 0.4) is 0 Å². The summed E-state index contributed by atoms with van der Waals surface area (Å²) in [6.45, 7) is 0. The molecule has 2 saturated heterocycles. The molecule has 1 amide bonds. The van der Waals surface area contributed by atoms with E-state index in [0.717, 1.165) is 12.8 Å². The van der Waals surface area contributed by atoms with Crippen molar-refractivity contribution in [1.29, 1.82) is 0 Å². The summed E-state index contributed by atoms with van der Waals surface area (Å²) < 4.78 is 0. The molecule has 0 aromatic rings. The summed E-state index contributed by atoms with van der Waals surface area (Å²) >= 11 is 0. The SMILES string of the molecule is Cl.NC1CC1NC(=O)C1CC2CCC1N2. The minimum atomic E-state index is 0. The standard InChI is InChI=1S/C10H17N3O.ClH/c11-7-4-9(7)13-10(14)6-3-5-1-2-8(6)12-5;/h5-9,12H,1-4,11H2,(H,13,14);1H. The minimum Gasteiger partial charge on any atom is -0.351 e. The summed E-state index contributed by atoms with van der Waals surface area (Å²) in [5.41, 5.74) is 5.66. The molecule has 1 saturated carbocycles. The van der Waals surface area contributed by atoms with Gasteiger partial charge in [0.1, 0.15) is 0 Å². The predicted octanol–water partition coefficient (Wildman–Crippen LogP) is -0.236. The Labute approximate surface area is 95.8 Å². The third-order valence-electron chi connectivity index (χ3n) is 3.80. The fourth-order valence-electron chi connectivity index (χ4n) is 2.78. The zero-order valence-corrected chi connectivity index (χ0v) is 9.43. The normalized spacial score (nSPS) is 46.1. The minimum absolute atomic E-state index is 0. The molecule has 5 unspecified atom stereocenters. The van der Waals surface area contributed by atoms with Crippen molar-refractivity contribution in [2.75, 3.05) is 0 Å². The Balaban J connectivity index is 0.000000853. The molecule has 3 fully saturated rings. The topological polar surface area (TPSA) is 67.1 Å². The quantitative estimate of drug-likeness (QED) is 0.615. The molecule has 2 aliphatic heterocycles. The Kier molecular flexibility index (Phi) is 2.92. The lowest BCUT2D eigenvalue weighted by molar-refractivity contribution is -0.125. The molecule has 2 heterocycles. The second-order valence-electron chi connectivity index (χ2n) is 4.90. The number of halogens is 1. The number of hydrogen-bond acceptors (Lipinski definition) is 3. The van der Waals surface area contributed by atoms with Crippen molar-refractivity contribution >= 4 is 18.3 Å². The van der Waals surface area contributed by atoms with E-state index in [1.54, 1.807) is 0 Å². The number of carbonyl (C=O) groups excluding carboxylic acids is 1. The average Bonchev–Trinajstić information content (AvgIpc) is 2.67. The van der Waals surface area contributed by atoms with E-state index in [0.29, 0.717) is 12.1 Å². The molecule has 86 valence electrons. The maximum atomic E-state index is 11.8. The van der Waals surface area contributed by atoms with Gasteiger partial charge < -0.3 is 16.4 Å². The Hall–Kier alpha value is -0.320. The maximum absolute atomic E-state index is 11.8. The first kappa shape index (κ1) is 11.2. The first-order valence-electron chi connectivity index (χ1n) is 5.56. The Morgan fingerprint density at radius 1 is 1.33 bits per heavy atom. The van der Waals surface area contributed by atoms with Crippen LogP contribution in [0, 0.1) is 5.92 Å². The number of rotatable bonds is 2. The molecule has 3 rings (SSSR count). The Bertz CT molecular complexity index is 273. The van der Waals surface area contributed by atoms with Gasteiger partial charge in [-0.2, -0.15) is 0 Å². The summed E-state index contributed by atoms with van der Waals surface area (Å²) in [5, 5.41) is 6.50. The van der Waals surface area contributed by atoms with Crippen molar-refractivity contribution in [1.82, 2.24) is 10.6 Å². The van der Waals surface area contributed by atoms with Crippen LogP contribution in [0.15, 0.2) is 0 Å². The van der Waals surface area contributed by atoms with Gasteiger partial charge in [-0.15, -0.1) is 12.4 Å². The second-order valence-corrected chi connectivity index (χ2v) is 4.90. The van der Waals surface area contributed by atoms with E-state index in [2.05, 4.69) is 10.6 Å². The van der Waals surface area contributed by atoms with Crippen LogP contribution >= 0.6 is 12.4 Å². The van der Waals surface area contributed by atoms with E-state index < -0.39 is 0 Å². The van der Waals surface area contributed by atoms with Crippen molar-refractivity contribution < 1.29 is 4.79 Å². The molecular formula is C10H18ClN3O. The first-order chi connectivity index (χ1) is 6.74. The van der Waals surface area contributed by atoms with Gasteiger partial charge in [-0.05, 0) is 25.7 Å². The molecule has 2 bridgehead atoms. The zero-order chi connectivity index (χ0) is 9.71. The van der Waals surface area contributed by atoms with Crippen molar-refractivity contribution in [3.63, 3.8) is 0 Å². The van der Waals surface area contributed by atoms with Crippen molar-refractivity contribution in [2.45, 2.75) is 49.9 Å². The van der Waals surface area contributed by atoms with Gasteiger partial charge in [0.05, 0.1) is 5.92 Å². The molecule has 3 aliphatic rings. The summed E-state index contributed by atoms with van der Waals surface area (Å²) in [4.78, 5) is 11.8. The van der Waals surface area contributed by atoms with Crippen LogP contribution in [-0.4, -0.2) is 30.1 Å². The Morgan fingerprint density at radius 2 is 2.07 bits per heavy atom. The van der Waals surface area contributed by atoms with Crippen molar-refractivity contribution in [3.05, 3.63) is 0 Å². The van der Waals surface area contributed by atoms with E-state index in [1.165, 1.54) is 12.8 Å². The molecule has 4 N–H and O–H groups in total. The highest BCUT2D eigenvalue weighted by Crippen LogP contribution is 2.33. The molecule has 0 aromatic carbocycles. The van der Waals surface area contributed by atoms with Crippen LogP contribution in [0.25, 0.3) is 0 Å². The van der Waals surface area contributed by atoms with Crippen LogP contribution in [0.1, 0.15) is 25.7 Å². The van der Waals surface area contributed by atoms with E-state index in [4.69, 9.17) is 5.73 Å². The van der Waals surface area contributed by atoms with E-state index >= 15 is 0 Å². The summed E-state index contributed by atoms with van der Waals surface area (Å²) in [7, 11) is 0. The van der Waals surface area contributed by atoms with Gasteiger partial charge in [-0.1, -0.05) is 0 Å². The molecule has 0 radical (unpaired) electrons. The van der Waals surface area contributed by atoms with Crippen LogP contribution < -0.4 is 16.4 Å². The van der Waals surface area contributed by atoms with E-state index in [1.807, 2.05) is 0 Å².